The summed E-state index contributed by atoms with van der Waals surface area (Å²) in [6.07, 6.45) is -0.0335. The molecule has 32 heavy (non-hydrogen) atoms. The van der Waals surface area contributed by atoms with E-state index in [2.05, 4.69) is 4.99 Å². The summed E-state index contributed by atoms with van der Waals surface area (Å²) in [7, 11) is -1.96. The highest BCUT2D eigenvalue weighted by atomic mass is 32.2. The van der Waals surface area contributed by atoms with Crippen molar-refractivity contribution in [3.63, 3.8) is 0 Å². The molecule has 0 aliphatic carbocycles. The van der Waals surface area contributed by atoms with Gasteiger partial charge in [0.25, 0.3) is 10.0 Å². The van der Waals surface area contributed by atoms with E-state index < -0.39 is 10.0 Å². The van der Waals surface area contributed by atoms with Crippen LogP contribution in [0.3, 0.4) is 0 Å². The van der Waals surface area contributed by atoms with Crippen LogP contribution < -0.4 is 9.11 Å². The average Bonchev–Trinajstić information content (AvgIpc) is 3.11. The Hall–Kier alpha value is -3.23. The number of hydrogen-bond acceptors (Lipinski definition) is 4. The molecule has 1 aromatic heterocycles. The van der Waals surface area contributed by atoms with Crippen LogP contribution in [0.25, 0.3) is 10.2 Å². The van der Waals surface area contributed by atoms with E-state index in [0.717, 1.165) is 15.8 Å². The maximum Gasteiger partial charge on any atom is 0.264 e. The molecule has 0 atom stereocenters. The van der Waals surface area contributed by atoms with Gasteiger partial charge in [-0.15, -0.1) is 0 Å². The summed E-state index contributed by atoms with van der Waals surface area (Å²) in [6.45, 7) is 1.93. The minimum atomic E-state index is -3.83. The van der Waals surface area contributed by atoms with Gasteiger partial charge in [-0.2, -0.15) is 4.99 Å². The molecule has 0 saturated carbocycles. The lowest BCUT2D eigenvalue weighted by Crippen LogP contribution is -2.33. The fourth-order valence-corrected chi connectivity index (χ4v) is 5.89. The highest BCUT2D eigenvalue weighted by molar-refractivity contribution is 7.92. The summed E-state index contributed by atoms with van der Waals surface area (Å²) in [4.78, 5) is 17.7. The van der Waals surface area contributed by atoms with Crippen LogP contribution in [0.5, 0.6) is 0 Å². The van der Waals surface area contributed by atoms with Crippen LogP contribution in [-0.2, 0) is 21.9 Å². The molecule has 0 saturated heterocycles. The largest absolute Gasteiger partial charge is 0.319 e. The third kappa shape index (κ3) is 4.51. The van der Waals surface area contributed by atoms with Crippen molar-refractivity contribution in [1.82, 2.24) is 4.57 Å². The third-order valence-corrected chi connectivity index (χ3v) is 8.07. The zero-order valence-electron chi connectivity index (χ0n) is 17.8. The Morgan fingerprint density at radius 2 is 1.62 bits per heavy atom. The highest BCUT2D eigenvalue weighted by Gasteiger charge is 2.25. The summed E-state index contributed by atoms with van der Waals surface area (Å²) in [5, 5.41) is 0. The summed E-state index contributed by atoms with van der Waals surface area (Å²) in [5.41, 5.74) is 2.53. The molecule has 1 amide bonds. The van der Waals surface area contributed by atoms with E-state index in [-0.39, 0.29) is 23.8 Å². The Morgan fingerprint density at radius 1 is 0.969 bits per heavy atom. The number of sulfonamides is 1. The Labute approximate surface area is 191 Å². The van der Waals surface area contributed by atoms with Crippen LogP contribution in [0.2, 0.25) is 0 Å². The Bertz CT molecular complexity index is 1420. The number of para-hydroxylation sites is 1. The lowest BCUT2D eigenvalue weighted by atomic mass is 10.2. The van der Waals surface area contributed by atoms with Gasteiger partial charge in [-0.05, 0) is 43.3 Å². The van der Waals surface area contributed by atoms with Crippen molar-refractivity contribution in [1.29, 1.82) is 0 Å². The number of carbonyl (C=O) groups excluding carboxylic acids is 1. The van der Waals surface area contributed by atoms with E-state index >= 15 is 0 Å². The van der Waals surface area contributed by atoms with Gasteiger partial charge in [0.1, 0.15) is 0 Å². The molecular formula is C24H23N3O3S2. The number of aryl methyl sites for hydroxylation is 2. The molecular weight excluding hydrogens is 442 g/mol. The number of anilines is 1. The first-order chi connectivity index (χ1) is 15.4. The number of nitrogens with zero attached hydrogens (tertiary/aromatic N) is 3. The Morgan fingerprint density at radius 3 is 2.31 bits per heavy atom. The molecule has 4 aromatic rings. The minimum Gasteiger partial charge on any atom is -0.319 e. The second-order valence-corrected chi connectivity index (χ2v) is 10.3. The van der Waals surface area contributed by atoms with E-state index in [1.807, 2.05) is 54.9 Å². The molecule has 0 fully saturated rings. The standard InChI is InChI=1S/C24H23N3O3S2/c1-18-12-14-19(15-13-18)27(32(29,30)20-8-4-3-5-9-20)17-16-23(28)25-24-26(2)21-10-6-7-11-22(21)31-24/h3-15H,16-17H2,1-2H3. The molecule has 4 rings (SSSR count). The molecule has 3 aromatic carbocycles. The molecule has 0 radical (unpaired) electrons. The number of fused-ring (bicyclic) bond motifs is 1. The number of aromatic nitrogens is 1. The van der Waals surface area contributed by atoms with Crippen LogP contribution >= 0.6 is 11.3 Å². The minimum absolute atomic E-state index is 0.00275. The summed E-state index contributed by atoms with van der Waals surface area (Å²) >= 11 is 1.43. The maximum absolute atomic E-state index is 13.3. The van der Waals surface area contributed by atoms with Gasteiger partial charge in [0.05, 0.1) is 20.8 Å². The van der Waals surface area contributed by atoms with Crippen LogP contribution in [0.15, 0.2) is 88.8 Å². The second kappa shape index (κ2) is 9.10. The lowest BCUT2D eigenvalue weighted by molar-refractivity contribution is -0.117. The van der Waals surface area contributed by atoms with Crippen molar-refractivity contribution in [2.75, 3.05) is 10.8 Å². The molecule has 0 unspecified atom stereocenters. The predicted octanol–water partition coefficient (Wildman–Crippen LogP) is 4.26. The van der Waals surface area contributed by atoms with E-state index in [9.17, 15) is 13.2 Å². The lowest BCUT2D eigenvalue weighted by Gasteiger charge is -2.24. The first-order valence-corrected chi connectivity index (χ1v) is 12.4. The number of amides is 1. The van der Waals surface area contributed by atoms with Gasteiger partial charge < -0.3 is 4.57 Å². The quantitative estimate of drug-likeness (QED) is 0.427. The average molecular weight is 466 g/mol. The number of hydrogen-bond donors (Lipinski definition) is 0. The fourth-order valence-electron chi connectivity index (χ4n) is 3.37. The monoisotopic (exact) mass is 465 g/mol. The molecule has 8 heteroatoms. The first kappa shape index (κ1) is 22.0. The van der Waals surface area contributed by atoms with Crippen LogP contribution in [0, 0.1) is 6.92 Å². The summed E-state index contributed by atoms with van der Waals surface area (Å²) in [6, 6.07) is 23.3. The normalized spacial score (nSPS) is 12.2. The number of thiazole rings is 1. The van der Waals surface area contributed by atoms with Crippen molar-refractivity contribution < 1.29 is 13.2 Å². The van der Waals surface area contributed by atoms with E-state index in [1.165, 1.54) is 15.6 Å². The number of rotatable bonds is 6. The van der Waals surface area contributed by atoms with Crippen LogP contribution in [-0.4, -0.2) is 25.4 Å². The first-order valence-electron chi connectivity index (χ1n) is 10.1. The predicted molar refractivity (Wildman–Crippen MR) is 128 cm³/mol. The molecule has 0 aliphatic rings. The van der Waals surface area contributed by atoms with Gasteiger partial charge in [-0.1, -0.05) is 59.4 Å². The van der Waals surface area contributed by atoms with Crippen molar-refractivity contribution in [2.45, 2.75) is 18.2 Å². The molecule has 0 N–H and O–H groups in total. The number of carbonyl (C=O) groups is 1. The topological polar surface area (TPSA) is 71.7 Å². The van der Waals surface area contributed by atoms with E-state index in [0.29, 0.717) is 10.5 Å². The third-order valence-electron chi connectivity index (χ3n) is 5.12. The fraction of sp³-hybridized carbons (Fsp3) is 0.167. The molecule has 0 bridgehead atoms. The molecule has 6 nitrogen and oxygen atoms in total. The van der Waals surface area contributed by atoms with Crippen molar-refractivity contribution >= 4 is 43.2 Å². The van der Waals surface area contributed by atoms with Gasteiger partial charge in [0, 0.05) is 20.0 Å². The van der Waals surface area contributed by atoms with Gasteiger partial charge >= 0.3 is 0 Å². The van der Waals surface area contributed by atoms with E-state index in [4.69, 9.17) is 0 Å². The van der Waals surface area contributed by atoms with E-state index in [1.54, 1.807) is 42.5 Å². The van der Waals surface area contributed by atoms with Crippen LogP contribution in [0.1, 0.15) is 12.0 Å². The van der Waals surface area contributed by atoms with Crippen molar-refractivity contribution in [3.8, 4) is 0 Å². The Kier molecular flexibility index (Phi) is 6.25. The molecule has 1 heterocycles. The van der Waals surface area contributed by atoms with Gasteiger partial charge in [0.2, 0.25) is 5.91 Å². The van der Waals surface area contributed by atoms with Crippen molar-refractivity contribution in [3.05, 3.63) is 89.2 Å². The maximum atomic E-state index is 13.3. The zero-order chi connectivity index (χ0) is 22.7. The molecule has 0 aliphatic heterocycles. The smallest absolute Gasteiger partial charge is 0.264 e. The SMILES string of the molecule is Cc1ccc(N(CCC(=O)N=c2sc3ccccc3n2C)S(=O)(=O)c2ccccc2)cc1. The summed E-state index contributed by atoms with van der Waals surface area (Å²) < 4.78 is 30.9. The highest BCUT2D eigenvalue weighted by Crippen LogP contribution is 2.24. The molecule has 0 spiro atoms. The van der Waals surface area contributed by atoms with Gasteiger partial charge in [0.15, 0.2) is 4.80 Å². The van der Waals surface area contributed by atoms with Crippen molar-refractivity contribution in [2.24, 2.45) is 12.0 Å². The number of benzene rings is 3. The molecule has 164 valence electrons. The summed E-state index contributed by atoms with van der Waals surface area (Å²) in [5.74, 6) is -0.368. The zero-order valence-corrected chi connectivity index (χ0v) is 19.4. The second-order valence-electron chi connectivity index (χ2n) is 7.39. The van der Waals surface area contributed by atoms with Gasteiger partial charge in [-0.25, -0.2) is 8.42 Å². The van der Waals surface area contributed by atoms with Gasteiger partial charge in [-0.3, -0.25) is 9.10 Å². The van der Waals surface area contributed by atoms with Crippen LogP contribution in [0.4, 0.5) is 5.69 Å². The Balaban J connectivity index is 1.63.